The second kappa shape index (κ2) is 6.39. The van der Waals surface area contributed by atoms with Crippen LogP contribution in [0, 0.1) is 23.2 Å². The van der Waals surface area contributed by atoms with Gasteiger partial charge < -0.3 is 10.0 Å². The molecule has 0 radical (unpaired) electrons. The van der Waals surface area contributed by atoms with Gasteiger partial charge in [-0.2, -0.15) is 5.26 Å². The summed E-state index contributed by atoms with van der Waals surface area (Å²) in [5.74, 6) is -0.763. The van der Waals surface area contributed by atoms with Crippen LogP contribution in [0.2, 0.25) is 0 Å². The average molecular weight is 198 g/mol. The second-order valence-electron chi connectivity index (χ2n) is 3.49. The average Bonchev–Trinajstić information content (AvgIpc) is 2.14. The summed E-state index contributed by atoms with van der Waals surface area (Å²) in [6.07, 6.45) is 0. The highest BCUT2D eigenvalue weighted by Crippen LogP contribution is 2.12. The van der Waals surface area contributed by atoms with Crippen molar-refractivity contribution >= 4 is 5.91 Å². The quantitative estimate of drug-likeness (QED) is 0.704. The van der Waals surface area contributed by atoms with E-state index in [4.69, 9.17) is 10.4 Å². The predicted molar refractivity (Wildman–Crippen MR) is 53.3 cm³/mol. The van der Waals surface area contributed by atoms with Gasteiger partial charge in [0.25, 0.3) is 0 Å². The Balaban J connectivity index is 4.47. The summed E-state index contributed by atoms with van der Waals surface area (Å²) in [5, 5.41) is 17.6. The van der Waals surface area contributed by atoms with Crippen molar-refractivity contribution in [3.05, 3.63) is 0 Å². The molecule has 0 aliphatic carbocycles. The summed E-state index contributed by atoms with van der Waals surface area (Å²) in [5.41, 5.74) is 0. The van der Waals surface area contributed by atoms with Crippen LogP contribution in [-0.4, -0.2) is 35.6 Å². The van der Waals surface area contributed by atoms with Crippen molar-refractivity contribution in [2.24, 2.45) is 11.8 Å². The topological polar surface area (TPSA) is 64.3 Å². The molecule has 0 fully saturated rings. The van der Waals surface area contributed by atoms with Crippen LogP contribution >= 0.6 is 0 Å². The van der Waals surface area contributed by atoms with Gasteiger partial charge in [0, 0.05) is 13.1 Å². The minimum Gasteiger partial charge on any atom is -0.395 e. The molecule has 1 amide bonds. The molecule has 1 atom stereocenters. The van der Waals surface area contributed by atoms with Gasteiger partial charge in [0.1, 0.15) is 5.92 Å². The molecule has 0 aromatic heterocycles. The van der Waals surface area contributed by atoms with E-state index in [9.17, 15) is 4.79 Å². The lowest BCUT2D eigenvalue weighted by Crippen LogP contribution is -2.39. The molecule has 0 rings (SSSR count). The number of likely N-dealkylation sites (N-methyl/N-ethyl adjacent to an activating group) is 1. The number of aliphatic hydroxyl groups excluding tert-OH is 1. The summed E-state index contributed by atoms with van der Waals surface area (Å²) in [6.45, 7) is 6.31. The Morgan fingerprint density at radius 1 is 1.57 bits per heavy atom. The Kier molecular flexibility index (Phi) is 5.89. The fourth-order valence-electron chi connectivity index (χ4n) is 1.23. The van der Waals surface area contributed by atoms with Gasteiger partial charge in [-0.05, 0) is 12.8 Å². The Bertz CT molecular complexity index is 221. The van der Waals surface area contributed by atoms with Gasteiger partial charge in [0.2, 0.25) is 5.91 Å². The lowest BCUT2D eigenvalue weighted by atomic mass is 9.96. The molecular formula is C10H18N2O2. The van der Waals surface area contributed by atoms with Crippen LogP contribution in [0.4, 0.5) is 0 Å². The van der Waals surface area contributed by atoms with Gasteiger partial charge in [-0.15, -0.1) is 0 Å². The van der Waals surface area contributed by atoms with Gasteiger partial charge in [-0.1, -0.05) is 13.8 Å². The molecule has 0 bridgehead atoms. The van der Waals surface area contributed by atoms with Crippen molar-refractivity contribution in [2.75, 3.05) is 19.7 Å². The minimum atomic E-state index is -0.596. The maximum Gasteiger partial charge on any atom is 0.240 e. The molecule has 0 aliphatic rings. The SMILES string of the molecule is CCN(CCO)C(=O)C(C#N)C(C)C. The van der Waals surface area contributed by atoms with E-state index in [1.165, 1.54) is 4.90 Å². The molecule has 4 nitrogen and oxygen atoms in total. The van der Waals surface area contributed by atoms with E-state index in [0.717, 1.165) is 0 Å². The number of carbonyl (C=O) groups excluding carboxylic acids is 1. The zero-order chi connectivity index (χ0) is 11.1. The van der Waals surface area contributed by atoms with Gasteiger partial charge >= 0.3 is 0 Å². The Morgan fingerprint density at radius 2 is 2.14 bits per heavy atom. The van der Waals surface area contributed by atoms with Crippen molar-refractivity contribution in [3.63, 3.8) is 0 Å². The van der Waals surface area contributed by atoms with E-state index in [1.54, 1.807) is 0 Å². The van der Waals surface area contributed by atoms with Crippen LogP contribution in [0.5, 0.6) is 0 Å². The zero-order valence-electron chi connectivity index (χ0n) is 9.03. The van der Waals surface area contributed by atoms with Crippen LogP contribution < -0.4 is 0 Å². The summed E-state index contributed by atoms with van der Waals surface area (Å²) in [7, 11) is 0. The molecule has 0 heterocycles. The fraction of sp³-hybridized carbons (Fsp3) is 0.800. The normalized spacial score (nSPS) is 12.3. The summed E-state index contributed by atoms with van der Waals surface area (Å²) >= 11 is 0. The molecule has 0 saturated heterocycles. The van der Waals surface area contributed by atoms with Crippen LogP contribution in [0.25, 0.3) is 0 Å². The number of rotatable bonds is 5. The van der Waals surface area contributed by atoms with Crippen molar-refractivity contribution < 1.29 is 9.90 Å². The highest BCUT2D eigenvalue weighted by molar-refractivity contribution is 5.81. The van der Waals surface area contributed by atoms with Crippen molar-refractivity contribution in [1.29, 1.82) is 5.26 Å². The van der Waals surface area contributed by atoms with E-state index < -0.39 is 5.92 Å². The molecule has 0 saturated carbocycles. The second-order valence-corrected chi connectivity index (χ2v) is 3.49. The van der Waals surface area contributed by atoms with E-state index in [2.05, 4.69) is 0 Å². The lowest BCUT2D eigenvalue weighted by molar-refractivity contribution is -0.135. The van der Waals surface area contributed by atoms with E-state index >= 15 is 0 Å². The first-order valence-electron chi connectivity index (χ1n) is 4.87. The fourth-order valence-corrected chi connectivity index (χ4v) is 1.23. The van der Waals surface area contributed by atoms with E-state index in [-0.39, 0.29) is 18.4 Å². The molecule has 1 N–H and O–H groups in total. The molecule has 80 valence electrons. The van der Waals surface area contributed by atoms with Crippen LogP contribution in [0.3, 0.4) is 0 Å². The van der Waals surface area contributed by atoms with Crippen LogP contribution in [-0.2, 0) is 4.79 Å². The number of carbonyl (C=O) groups is 1. The van der Waals surface area contributed by atoms with Crippen molar-refractivity contribution in [2.45, 2.75) is 20.8 Å². The minimum absolute atomic E-state index is 0.0141. The number of aliphatic hydroxyl groups is 1. The summed E-state index contributed by atoms with van der Waals surface area (Å²) < 4.78 is 0. The molecule has 1 unspecified atom stereocenters. The van der Waals surface area contributed by atoms with Gasteiger partial charge in [0.05, 0.1) is 12.7 Å². The number of hydrogen-bond acceptors (Lipinski definition) is 3. The van der Waals surface area contributed by atoms with Gasteiger partial charge in [-0.25, -0.2) is 0 Å². The van der Waals surface area contributed by atoms with Gasteiger partial charge in [0.15, 0.2) is 0 Å². The molecule has 4 heteroatoms. The Labute approximate surface area is 85.1 Å². The molecule has 0 aromatic carbocycles. The van der Waals surface area contributed by atoms with Crippen LogP contribution in [0.15, 0.2) is 0 Å². The molecule has 14 heavy (non-hydrogen) atoms. The summed E-state index contributed by atoms with van der Waals surface area (Å²) in [6, 6.07) is 2.00. The largest absolute Gasteiger partial charge is 0.395 e. The van der Waals surface area contributed by atoms with E-state index in [1.807, 2.05) is 26.8 Å². The monoisotopic (exact) mass is 198 g/mol. The molecule has 0 aliphatic heterocycles. The molecular weight excluding hydrogens is 180 g/mol. The third-order valence-corrected chi connectivity index (χ3v) is 2.14. The third-order valence-electron chi connectivity index (χ3n) is 2.14. The standard InChI is InChI=1S/C10H18N2O2/c1-4-12(5-6-13)10(14)9(7-11)8(2)3/h8-9,13H,4-6H2,1-3H3. The maximum atomic E-state index is 11.7. The number of nitriles is 1. The highest BCUT2D eigenvalue weighted by atomic mass is 16.3. The maximum absolute atomic E-state index is 11.7. The Hall–Kier alpha value is -1.08. The number of nitrogens with zero attached hydrogens (tertiary/aromatic N) is 2. The first kappa shape index (κ1) is 12.9. The van der Waals surface area contributed by atoms with Crippen molar-refractivity contribution in [3.8, 4) is 6.07 Å². The van der Waals surface area contributed by atoms with E-state index in [0.29, 0.717) is 13.1 Å². The summed E-state index contributed by atoms with van der Waals surface area (Å²) in [4.78, 5) is 13.2. The third kappa shape index (κ3) is 3.35. The van der Waals surface area contributed by atoms with Crippen molar-refractivity contribution in [1.82, 2.24) is 4.90 Å². The lowest BCUT2D eigenvalue weighted by Gasteiger charge is -2.23. The first-order chi connectivity index (χ1) is 6.58. The molecule has 0 aromatic rings. The van der Waals surface area contributed by atoms with Gasteiger partial charge in [-0.3, -0.25) is 4.79 Å². The van der Waals surface area contributed by atoms with Crippen LogP contribution in [0.1, 0.15) is 20.8 Å². The highest BCUT2D eigenvalue weighted by Gasteiger charge is 2.25. The Morgan fingerprint density at radius 3 is 2.43 bits per heavy atom. The number of hydrogen-bond donors (Lipinski definition) is 1. The zero-order valence-corrected chi connectivity index (χ0v) is 9.03. The predicted octanol–water partition coefficient (Wildman–Crippen LogP) is 0.623. The smallest absolute Gasteiger partial charge is 0.240 e. The molecule has 0 spiro atoms. The first-order valence-corrected chi connectivity index (χ1v) is 4.87. The number of amides is 1.